The molecule has 0 spiro atoms. The average molecular weight is 335 g/mol. The molecule has 0 aliphatic heterocycles. The van der Waals surface area contributed by atoms with Gasteiger partial charge in [-0.1, -0.05) is 39.2 Å². The summed E-state index contributed by atoms with van der Waals surface area (Å²) in [6.07, 6.45) is 9.11. The molecule has 3 nitrogen and oxygen atoms in total. The van der Waals surface area contributed by atoms with E-state index < -0.39 is 0 Å². The van der Waals surface area contributed by atoms with Crippen LogP contribution in [0.15, 0.2) is 29.4 Å². The second-order valence-electron chi connectivity index (χ2n) is 7.08. The number of thioether (sulfide) groups is 1. The van der Waals surface area contributed by atoms with Crippen LogP contribution in [0.4, 0.5) is 0 Å². The van der Waals surface area contributed by atoms with Gasteiger partial charge in [0.15, 0.2) is 0 Å². The van der Waals surface area contributed by atoms with Crippen molar-refractivity contribution in [1.82, 2.24) is 4.98 Å². The van der Waals surface area contributed by atoms with Gasteiger partial charge in [-0.3, -0.25) is 4.79 Å². The van der Waals surface area contributed by atoms with E-state index in [1.54, 1.807) is 18.0 Å². The average Bonchev–Trinajstić information content (AvgIpc) is 2.56. The number of hydrogen-bond donors (Lipinski definition) is 1. The summed E-state index contributed by atoms with van der Waals surface area (Å²) < 4.78 is 0. The van der Waals surface area contributed by atoms with E-state index in [-0.39, 0.29) is 5.54 Å². The molecule has 2 rings (SSSR count). The van der Waals surface area contributed by atoms with E-state index in [0.717, 1.165) is 10.8 Å². The number of carbonyl (C=O) groups is 1. The normalized spacial score (nSPS) is 18.8. The second kappa shape index (κ2) is 8.84. The molecular formula is C19H30N2OS. The summed E-state index contributed by atoms with van der Waals surface area (Å²) in [5.41, 5.74) is 6.43. The zero-order valence-electron chi connectivity index (χ0n) is 14.5. The third-order valence-electron chi connectivity index (χ3n) is 5.21. The zero-order chi connectivity index (χ0) is 16.7. The van der Waals surface area contributed by atoms with Crippen molar-refractivity contribution in [2.75, 3.05) is 5.75 Å². The van der Waals surface area contributed by atoms with E-state index in [1.165, 1.54) is 32.1 Å². The van der Waals surface area contributed by atoms with E-state index >= 15 is 0 Å². The van der Waals surface area contributed by atoms with Crippen LogP contribution in [-0.4, -0.2) is 22.1 Å². The fourth-order valence-corrected chi connectivity index (χ4v) is 4.44. The predicted molar refractivity (Wildman–Crippen MR) is 97.5 cm³/mol. The molecule has 0 amide bonds. The van der Waals surface area contributed by atoms with Gasteiger partial charge in [-0.15, -0.1) is 11.8 Å². The highest BCUT2D eigenvalue weighted by Crippen LogP contribution is 2.38. The molecule has 0 bridgehead atoms. The topological polar surface area (TPSA) is 56.0 Å². The van der Waals surface area contributed by atoms with Crippen molar-refractivity contribution < 1.29 is 4.79 Å². The van der Waals surface area contributed by atoms with Crippen LogP contribution in [-0.2, 0) is 4.79 Å². The number of Topliss-reactive ketones (excluding diaryl/α,β-unsaturated/α-hetero) is 1. The molecule has 1 atom stereocenters. The lowest BCUT2D eigenvalue weighted by Crippen LogP contribution is -2.53. The smallest absolute Gasteiger partial charge is 0.135 e. The lowest BCUT2D eigenvalue weighted by Gasteiger charge is -2.42. The minimum Gasteiger partial charge on any atom is -0.324 e. The molecule has 0 radical (unpaired) electrons. The van der Waals surface area contributed by atoms with E-state index in [9.17, 15) is 4.79 Å². The van der Waals surface area contributed by atoms with Crippen LogP contribution in [0.3, 0.4) is 0 Å². The number of carbonyl (C=O) groups excluding carboxylic acids is 1. The van der Waals surface area contributed by atoms with E-state index in [4.69, 9.17) is 5.73 Å². The Labute approximate surface area is 144 Å². The Morgan fingerprint density at radius 2 is 2.09 bits per heavy atom. The van der Waals surface area contributed by atoms with Crippen LogP contribution < -0.4 is 5.73 Å². The summed E-state index contributed by atoms with van der Waals surface area (Å²) in [5.74, 6) is 1.94. The lowest BCUT2D eigenvalue weighted by atomic mass is 9.67. The second-order valence-corrected chi connectivity index (χ2v) is 8.20. The minimum absolute atomic E-state index is 0.301. The maximum absolute atomic E-state index is 12.5. The highest BCUT2D eigenvalue weighted by atomic mass is 32.2. The molecule has 1 fully saturated rings. The Hall–Kier alpha value is -0.870. The summed E-state index contributed by atoms with van der Waals surface area (Å²) >= 11 is 1.65. The van der Waals surface area contributed by atoms with Crippen LogP contribution in [0, 0.1) is 11.8 Å². The Kier molecular flexibility index (Phi) is 7.09. The largest absolute Gasteiger partial charge is 0.324 e. The number of nitrogens with two attached hydrogens (primary N) is 1. The molecule has 1 unspecified atom stereocenters. The molecule has 1 aliphatic rings. The molecule has 1 aromatic heterocycles. The van der Waals surface area contributed by atoms with Crippen molar-refractivity contribution in [3.05, 3.63) is 24.4 Å². The Morgan fingerprint density at radius 1 is 1.35 bits per heavy atom. The maximum atomic E-state index is 12.5. The van der Waals surface area contributed by atoms with Crippen LogP contribution >= 0.6 is 11.8 Å². The van der Waals surface area contributed by atoms with Gasteiger partial charge in [0.25, 0.3) is 0 Å². The first-order chi connectivity index (χ1) is 11.0. The molecule has 23 heavy (non-hydrogen) atoms. The first kappa shape index (κ1) is 18.5. The van der Waals surface area contributed by atoms with Gasteiger partial charge < -0.3 is 5.73 Å². The SMILES string of the molecule is CC(C)C(N)(CC(=O)CCSc1ccccn1)C1CCCCC1. The molecule has 1 saturated carbocycles. The van der Waals surface area contributed by atoms with Crippen molar-refractivity contribution in [2.45, 2.75) is 69.4 Å². The van der Waals surface area contributed by atoms with Crippen molar-refractivity contribution in [3.63, 3.8) is 0 Å². The van der Waals surface area contributed by atoms with Crippen LogP contribution in [0.25, 0.3) is 0 Å². The van der Waals surface area contributed by atoms with E-state index in [1.807, 2.05) is 18.2 Å². The fraction of sp³-hybridized carbons (Fsp3) is 0.684. The zero-order valence-corrected chi connectivity index (χ0v) is 15.3. The molecule has 0 aromatic carbocycles. The van der Waals surface area contributed by atoms with Gasteiger partial charge in [-0.2, -0.15) is 0 Å². The third-order valence-corrected chi connectivity index (χ3v) is 6.16. The van der Waals surface area contributed by atoms with Crippen molar-refractivity contribution in [3.8, 4) is 0 Å². The van der Waals surface area contributed by atoms with Crippen molar-refractivity contribution in [2.24, 2.45) is 17.6 Å². The van der Waals surface area contributed by atoms with Gasteiger partial charge >= 0.3 is 0 Å². The van der Waals surface area contributed by atoms with Crippen LogP contribution in [0.5, 0.6) is 0 Å². The summed E-state index contributed by atoms with van der Waals surface area (Å²) in [7, 11) is 0. The number of hydrogen-bond acceptors (Lipinski definition) is 4. The number of pyridine rings is 1. The first-order valence-electron chi connectivity index (χ1n) is 8.87. The molecule has 0 saturated heterocycles. The van der Waals surface area contributed by atoms with Crippen molar-refractivity contribution >= 4 is 17.5 Å². The number of rotatable bonds is 8. The Balaban J connectivity index is 1.85. The van der Waals surface area contributed by atoms with Crippen LogP contribution in [0.2, 0.25) is 0 Å². The van der Waals surface area contributed by atoms with Gasteiger partial charge in [-0.05, 0) is 36.8 Å². The van der Waals surface area contributed by atoms with Gasteiger partial charge in [0.2, 0.25) is 0 Å². The van der Waals surface area contributed by atoms with Crippen molar-refractivity contribution in [1.29, 1.82) is 0 Å². The van der Waals surface area contributed by atoms with Gasteiger partial charge in [-0.25, -0.2) is 4.98 Å². The van der Waals surface area contributed by atoms with E-state index in [0.29, 0.717) is 30.5 Å². The highest BCUT2D eigenvalue weighted by molar-refractivity contribution is 7.99. The molecule has 1 aromatic rings. The summed E-state index contributed by atoms with van der Waals surface area (Å²) in [6, 6.07) is 5.87. The molecule has 2 N–H and O–H groups in total. The number of aromatic nitrogens is 1. The summed E-state index contributed by atoms with van der Waals surface area (Å²) in [5, 5.41) is 0.982. The maximum Gasteiger partial charge on any atom is 0.135 e. The molecule has 1 heterocycles. The minimum atomic E-state index is -0.326. The Bertz CT molecular complexity index is 485. The lowest BCUT2D eigenvalue weighted by molar-refractivity contribution is -0.121. The van der Waals surface area contributed by atoms with Gasteiger partial charge in [0.05, 0.1) is 5.03 Å². The molecule has 1 aliphatic carbocycles. The predicted octanol–water partition coefficient (Wildman–Crippen LogP) is 4.46. The quantitative estimate of drug-likeness (QED) is 0.713. The fourth-order valence-electron chi connectivity index (χ4n) is 3.59. The standard InChI is InChI=1S/C19H30N2OS/c1-15(2)19(20,16-8-4-3-5-9-16)14-17(22)11-13-23-18-10-6-7-12-21-18/h6-7,10,12,15-16H,3-5,8-9,11,13-14,20H2,1-2H3. The highest BCUT2D eigenvalue weighted by Gasteiger charge is 2.39. The molecular weight excluding hydrogens is 304 g/mol. The molecule has 4 heteroatoms. The first-order valence-corrected chi connectivity index (χ1v) is 9.85. The third kappa shape index (κ3) is 5.32. The number of ketones is 1. The number of nitrogens with zero attached hydrogens (tertiary/aromatic N) is 1. The van der Waals surface area contributed by atoms with E-state index in [2.05, 4.69) is 18.8 Å². The monoisotopic (exact) mass is 334 g/mol. The van der Waals surface area contributed by atoms with Crippen LogP contribution in [0.1, 0.15) is 58.8 Å². The summed E-state index contributed by atoms with van der Waals surface area (Å²) in [4.78, 5) is 16.8. The Morgan fingerprint density at radius 3 is 2.70 bits per heavy atom. The van der Waals surface area contributed by atoms with Gasteiger partial charge in [0, 0.05) is 30.3 Å². The summed E-state index contributed by atoms with van der Waals surface area (Å²) in [6.45, 7) is 4.34. The molecule has 128 valence electrons. The van der Waals surface area contributed by atoms with Gasteiger partial charge in [0.1, 0.15) is 5.78 Å².